The molecular formula is C44H28N4S. The standard InChI is InChI=1S/C44H28N4S/c1-3-14-29(15-4-1)40-41-42(48-35-21-8-7-20-34(35)44(41)49-43(40)30-16-5-2-6-17-30)32-19-13-18-31(26-32)33-27-38(36-22-9-11-24-45-36)47-39(28-33)37-23-10-12-25-46-37/h1-28H. The minimum atomic E-state index is 0.798. The fourth-order valence-corrected chi connectivity index (χ4v) is 7.87. The zero-order chi connectivity index (χ0) is 32.6. The van der Waals surface area contributed by atoms with Crippen molar-refractivity contribution < 1.29 is 0 Å². The van der Waals surface area contributed by atoms with E-state index in [0.29, 0.717) is 0 Å². The van der Waals surface area contributed by atoms with Crippen molar-refractivity contribution in [3.63, 3.8) is 0 Å². The molecule has 9 aromatic rings. The summed E-state index contributed by atoms with van der Waals surface area (Å²) < 4.78 is 1.24. The smallest absolute Gasteiger partial charge is 0.0900 e. The number of aromatic nitrogens is 4. The van der Waals surface area contributed by atoms with Gasteiger partial charge >= 0.3 is 0 Å². The molecule has 0 radical (unpaired) electrons. The van der Waals surface area contributed by atoms with Crippen molar-refractivity contribution in [1.29, 1.82) is 0 Å². The predicted octanol–water partition coefficient (Wildman–Crippen LogP) is 11.6. The first-order chi connectivity index (χ1) is 24.3. The van der Waals surface area contributed by atoms with Crippen LogP contribution in [-0.2, 0) is 0 Å². The van der Waals surface area contributed by atoms with Gasteiger partial charge in [-0.25, -0.2) is 9.97 Å². The highest BCUT2D eigenvalue weighted by atomic mass is 32.1. The molecule has 49 heavy (non-hydrogen) atoms. The third-order valence-electron chi connectivity index (χ3n) is 8.77. The number of fused-ring (bicyclic) bond motifs is 3. The monoisotopic (exact) mass is 644 g/mol. The van der Waals surface area contributed by atoms with Gasteiger partial charge in [-0.3, -0.25) is 9.97 Å². The van der Waals surface area contributed by atoms with Gasteiger partial charge in [0.1, 0.15) is 0 Å². The van der Waals surface area contributed by atoms with Crippen molar-refractivity contribution in [2.75, 3.05) is 0 Å². The molecule has 0 saturated heterocycles. The molecule has 4 nitrogen and oxygen atoms in total. The van der Waals surface area contributed by atoms with Crippen LogP contribution in [0.2, 0.25) is 0 Å². The van der Waals surface area contributed by atoms with Gasteiger partial charge in [0.05, 0.1) is 34.0 Å². The Kier molecular flexibility index (Phi) is 7.30. The van der Waals surface area contributed by atoms with E-state index in [-0.39, 0.29) is 0 Å². The highest BCUT2D eigenvalue weighted by Gasteiger charge is 2.22. The van der Waals surface area contributed by atoms with Gasteiger partial charge in [0, 0.05) is 43.9 Å². The lowest BCUT2D eigenvalue weighted by Crippen LogP contribution is -1.94. The molecule has 0 saturated carbocycles. The highest BCUT2D eigenvalue weighted by Crippen LogP contribution is 2.50. The minimum Gasteiger partial charge on any atom is -0.255 e. The Bertz CT molecular complexity index is 2530. The largest absolute Gasteiger partial charge is 0.255 e. The quantitative estimate of drug-likeness (QED) is 0.181. The van der Waals surface area contributed by atoms with E-state index in [1.165, 1.54) is 31.7 Å². The summed E-state index contributed by atoms with van der Waals surface area (Å²) in [6.45, 7) is 0. The van der Waals surface area contributed by atoms with Gasteiger partial charge in [0.25, 0.3) is 0 Å². The van der Waals surface area contributed by atoms with Crippen LogP contribution in [0.5, 0.6) is 0 Å². The Balaban J connectivity index is 1.30. The molecule has 5 heteroatoms. The van der Waals surface area contributed by atoms with Crippen molar-refractivity contribution in [3.8, 4) is 66.7 Å². The third-order valence-corrected chi connectivity index (χ3v) is 10.0. The number of hydrogen-bond donors (Lipinski definition) is 0. The first-order valence-corrected chi connectivity index (χ1v) is 17.0. The van der Waals surface area contributed by atoms with Gasteiger partial charge in [-0.1, -0.05) is 109 Å². The van der Waals surface area contributed by atoms with Crippen molar-refractivity contribution >= 4 is 32.3 Å². The molecule has 0 aliphatic rings. The maximum atomic E-state index is 5.41. The predicted molar refractivity (Wildman–Crippen MR) is 203 cm³/mol. The van der Waals surface area contributed by atoms with Gasteiger partial charge in [0.15, 0.2) is 0 Å². The van der Waals surface area contributed by atoms with E-state index < -0.39 is 0 Å². The fourth-order valence-electron chi connectivity index (χ4n) is 6.50. The van der Waals surface area contributed by atoms with Crippen LogP contribution in [0.25, 0.3) is 87.7 Å². The van der Waals surface area contributed by atoms with Crippen LogP contribution in [0.3, 0.4) is 0 Å². The van der Waals surface area contributed by atoms with E-state index in [1.807, 2.05) is 47.7 Å². The Morgan fingerprint density at radius 1 is 0.408 bits per heavy atom. The molecule has 5 aromatic heterocycles. The fraction of sp³-hybridized carbons (Fsp3) is 0. The summed E-state index contributed by atoms with van der Waals surface area (Å²) in [5, 5.41) is 2.33. The Morgan fingerprint density at radius 2 is 1.00 bits per heavy atom. The average Bonchev–Trinajstić information content (AvgIpc) is 3.60. The van der Waals surface area contributed by atoms with E-state index in [1.54, 1.807) is 12.4 Å². The van der Waals surface area contributed by atoms with Gasteiger partial charge in [0.2, 0.25) is 0 Å². The summed E-state index contributed by atoms with van der Waals surface area (Å²) in [6, 6.07) is 54.7. The number of nitrogens with zero attached hydrogens (tertiary/aromatic N) is 4. The second kappa shape index (κ2) is 12.4. The van der Waals surface area contributed by atoms with Crippen LogP contribution < -0.4 is 0 Å². The lowest BCUT2D eigenvalue weighted by atomic mass is 9.93. The molecular weight excluding hydrogens is 617 g/mol. The topological polar surface area (TPSA) is 51.6 Å². The number of para-hydroxylation sites is 1. The SMILES string of the molecule is c1ccc(-c2sc3c(c(-c4cccc(-c5cc(-c6ccccn6)nc(-c6ccccn6)c5)c4)nc4ccccc43)c2-c2ccccc2)cc1. The van der Waals surface area contributed by atoms with Crippen molar-refractivity contribution in [2.45, 2.75) is 0 Å². The van der Waals surface area contributed by atoms with Crippen LogP contribution in [-0.4, -0.2) is 19.9 Å². The summed E-state index contributed by atoms with van der Waals surface area (Å²) in [7, 11) is 0. The van der Waals surface area contributed by atoms with Gasteiger partial charge < -0.3 is 0 Å². The molecule has 0 fully saturated rings. The first-order valence-electron chi connectivity index (χ1n) is 16.2. The molecule has 0 spiro atoms. The van der Waals surface area contributed by atoms with Gasteiger partial charge in [-0.2, -0.15) is 0 Å². The summed E-state index contributed by atoms with van der Waals surface area (Å²) >= 11 is 1.85. The summed E-state index contributed by atoms with van der Waals surface area (Å²) in [6.07, 6.45) is 3.60. The Morgan fingerprint density at radius 3 is 1.67 bits per heavy atom. The number of benzene rings is 4. The molecule has 5 heterocycles. The number of thiophene rings is 1. The zero-order valence-electron chi connectivity index (χ0n) is 26.4. The maximum Gasteiger partial charge on any atom is 0.0900 e. The summed E-state index contributed by atoms with van der Waals surface area (Å²) in [5.74, 6) is 0. The molecule has 230 valence electrons. The molecule has 4 aromatic carbocycles. The van der Waals surface area contributed by atoms with Crippen LogP contribution in [0.15, 0.2) is 170 Å². The second-order valence-electron chi connectivity index (χ2n) is 11.9. The maximum absolute atomic E-state index is 5.41. The number of rotatable bonds is 6. The van der Waals surface area contributed by atoms with E-state index in [0.717, 1.165) is 56.1 Å². The lowest BCUT2D eigenvalue weighted by molar-refractivity contribution is 1.22. The van der Waals surface area contributed by atoms with E-state index in [4.69, 9.17) is 9.97 Å². The summed E-state index contributed by atoms with van der Waals surface area (Å²) in [4.78, 5) is 20.9. The van der Waals surface area contributed by atoms with E-state index >= 15 is 0 Å². The van der Waals surface area contributed by atoms with Gasteiger partial charge in [-0.15, -0.1) is 11.3 Å². The normalized spacial score (nSPS) is 11.3. The van der Waals surface area contributed by atoms with Crippen molar-refractivity contribution in [1.82, 2.24) is 19.9 Å². The van der Waals surface area contributed by atoms with Crippen LogP contribution in [0.4, 0.5) is 0 Å². The highest BCUT2D eigenvalue weighted by molar-refractivity contribution is 7.24. The lowest BCUT2D eigenvalue weighted by Gasteiger charge is -2.13. The molecule has 0 unspecified atom stereocenters. The molecule has 0 aliphatic heterocycles. The molecule has 9 rings (SSSR count). The zero-order valence-corrected chi connectivity index (χ0v) is 27.2. The van der Waals surface area contributed by atoms with Crippen LogP contribution in [0, 0.1) is 0 Å². The molecule has 0 bridgehead atoms. The summed E-state index contributed by atoms with van der Waals surface area (Å²) in [5.41, 5.74) is 11.9. The Labute approximate surface area is 288 Å². The van der Waals surface area contributed by atoms with Crippen LogP contribution in [0.1, 0.15) is 0 Å². The number of pyridine rings is 4. The van der Waals surface area contributed by atoms with Gasteiger partial charge in [-0.05, 0) is 70.8 Å². The van der Waals surface area contributed by atoms with E-state index in [9.17, 15) is 0 Å². The molecule has 0 aliphatic carbocycles. The second-order valence-corrected chi connectivity index (χ2v) is 12.9. The Hall–Kier alpha value is -6.30. The van der Waals surface area contributed by atoms with Crippen molar-refractivity contribution in [2.24, 2.45) is 0 Å². The minimum absolute atomic E-state index is 0.798. The molecule has 0 atom stereocenters. The van der Waals surface area contributed by atoms with Crippen molar-refractivity contribution in [3.05, 3.63) is 170 Å². The average molecular weight is 645 g/mol. The number of hydrogen-bond acceptors (Lipinski definition) is 5. The first kappa shape index (κ1) is 28.9. The molecule has 0 amide bonds. The van der Waals surface area contributed by atoms with Crippen LogP contribution >= 0.6 is 11.3 Å². The van der Waals surface area contributed by atoms with E-state index in [2.05, 4.69) is 131 Å². The third kappa shape index (κ3) is 5.36. The molecule has 0 N–H and O–H groups in total.